The van der Waals surface area contributed by atoms with Gasteiger partial charge in [0, 0.05) is 23.6 Å². The summed E-state index contributed by atoms with van der Waals surface area (Å²) in [4.78, 5) is 14.6. The highest BCUT2D eigenvalue weighted by Crippen LogP contribution is 2.11. The molecule has 0 fully saturated rings. The van der Waals surface area contributed by atoms with Crippen molar-refractivity contribution < 1.29 is 9.18 Å². The maximum absolute atomic E-state index is 12.9. The Labute approximate surface area is 162 Å². The molecule has 1 rings (SSSR count). The molecule has 0 radical (unpaired) electrons. The predicted octanol–water partition coefficient (Wildman–Crippen LogP) is 6.37. The van der Waals surface area contributed by atoms with Crippen molar-refractivity contribution in [3.63, 3.8) is 0 Å². The first-order chi connectivity index (χ1) is 12.5. The molecule has 0 amide bonds. The molecule has 1 aromatic carbocycles. The highest BCUT2D eigenvalue weighted by atomic mass is 35.5. The second-order valence-electron chi connectivity index (χ2n) is 6.61. The van der Waals surface area contributed by atoms with Crippen molar-refractivity contribution in [2.45, 2.75) is 52.9 Å². The van der Waals surface area contributed by atoms with E-state index in [-0.39, 0.29) is 11.6 Å². The van der Waals surface area contributed by atoms with Gasteiger partial charge in [-0.15, -0.1) is 0 Å². The summed E-state index contributed by atoms with van der Waals surface area (Å²) in [6.45, 7) is 9.25. The maximum Gasteiger partial charge on any atom is 0.162 e. The second-order valence-corrected chi connectivity index (χ2v) is 7.09. The van der Waals surface area contributed by atoms with Crippen LogP contribution in [0, 0.1) is 5.82 Å². The SMILES string of the molecule is CCCN(CCCC(=O)c1ccc(F)cc1)CC/C(C)=C/C=C(/Cl)CC. The molecule has 0 unspecified atom stereocenters. The number of carbonyl (C=O) groups excluding carboxylic acids is 1. The van der Waals surface area contributed by atoms with E-state index in [4.69, 9.17) is 11.6 Å². The van der Waals surface area contributed by atoms with E-state index in [0.717, 1.165) is 50.3 Å². The summed E-state index contributed by atoms with van der Waals surface area (Å²) in [6.07, 6.45) is 8.33. The Kier molecular flexibility index (Phi) is 11.1. The maximum atomic E-state index is 12.9. The zero-order valence-electron chi connectivity index (χ0n) is 16.2. The first kappa shape index (κ1) is 22.6. The lowest BCUT2D eigenvalue weighted by Crippen LogP contribution is -2.27. The first-order valence-electron chi connectivity index (χ1n) is 9.49. The van der Waals surface area contributed by atoms with Gasteiger partial charge in [-0.1, -0.05) is 37.1 Å². The van der Waals surface area contributed by atoms with Crippen molar-refractivity contribution in [1.29, 1.82) is 0 Å². The van der Waals surface area contributed by atoms with Crippen molar-refractivity contribution in [3.8, 4) is 0 Å². The summed E-state index contributed by atoms with van der Waals surface area (Å²) in [5.74, 6) is -0.231. The van der Waals surface area contributed by atoms with Crippen LogP contribution < -0.4 is 0 Å². The van der Waals surface area contributed by atoms with E-state index < -0.39 is 0 Å². The van der Waals surface area contributed by atoms with E-state index in [9.17, 15) is 9.18 Å². The van der Waals surface area contributed by atoms with Gasteiger partial charge in [0.25, 0.3) is 0 Å². The molecule has 0 aliphatic heterocycles. The van der Waals surface area contributed by atoms with E-state index in [1.165, 1.54) is 17.7 Å². The molecular formula is C22H31ClFNO. The van der Waals surface area contributed by atoms with Crippen molar-refractivity contribution in [2.24, 2.45) is 0 Å². The van der Waals surface area contributed by atoms with Gasteiger partial charge in [0.1, 0.15) is 5.82 Å². The zero-order valence-corrected chi connectivity index (χ0v) is 17.0. The van der Waals surface area contributed by atoms with Gasteiger partial charge >= 0.3 is 0 Å². The van der Waals surface area contributed by atoms with Crippen LogP contribution in [0.3, 0.4) is 0 Å². The van der Waals surface area contributed by atoms with Gasteiger partial charge in [-0.3, -0.25) is 4.79 Å². The molecule has 4 heteroatoms. The number of hydrogen-bond donors (Lipinski definition) is 0. The Bertz CT molecular complexity index is 607. The number of rotatable bonds is 12. The highest BCUT2D eigenvalue weighted by Gasteiger charge is 2.08. The number of carbonyl (C=O) groups is 1. The van der Waals surface area contributed by atoms with E-state index in [0.29, 0.717) is 12.0 Å². The Morgan fingerprint density at radius 3 is 2.38 bits per heavy atom. The van der Waals surface area contributed by atoms with Gasteiger partial charge in [0.15, 0.2) is 5.78 Å². The van der Waals surface area contributed by atoms with E-state index in [1.54, 1.807) is 12.1 Å². The molecule has 0 bridgehead atoms. The summed E-state index contributed by atoms with van der Waals surface area (Å²) >= 11 is 6.03. The Balaban J connectivity index is 2.42. The largest absolute Gasteiger partial charge is 0.303 e. The molecule has 26 heavy (non-hydrogen) atoms. The molecule has 0 aromatic heterocycles. The third-order valence-electron chi connectivity index (χ3n) is 4.29. The van der Waals surface area contributed by atoms with Gasteiger partial charge in [0.05, 0.1) is 0 Å². The van der Waals surface area contributed by atoms with Crippen molar-refractivity contribution in [1.82, 2.24) is 4.90 Å². The zero-order chi connectivity index (χ0) is 19.4. The van der Waals surface area contributed by atoms with Crippen LogP contribution in [0.5, 0.6) is 0 Å². The Morgan fingerprint density at radius 2 is 1.77 bits per heavy atom. The average Bonchev–Trinajstić information content (AvgIpc) is 2.64. The fourth-order valence-electron chi connectivity index (χ4n) is 2.66. The molecule has 0 spiro atoms. The molecule has 0 atom stereocenters. The number of halogens is 2. The van der Waals surface area contributed by atoms with Crippen LogP contribution in [0.25, 0.3) is 0 Å². The molecular weight excluding hydrogens is 349 g/mol. The lowest BCUT2D eigenvalue weighted by molar-refractivity contribution is 0.0974. The van der Waals surface area contributed by atoms with Crippen molar-refractivity contribution in [3.05, 3.63) is 58.4 Å². The summed E-state index contributed by atoms with van der Waals surface area (Å²) in [5.41, 5.74) is 1.90. The molecule has 0 aliphatic carbocycles. The Morgan fingerprint density at radius 1 is 1.08 bits per heavy atom. The number of Topliss-reactive ketones (excluding diaryl/α,β-unsaturated/α-hetero) is 1. The summed E-state index contributed by atoms with van der Waals surface area (Å²) in [6, 6.07) is 5.80. The standard InChI is InChI=1S/C22H31ClFNO/c1-4-15-25(17-14-18(3)8-11-20(23)5-2)16-6-7-22(26)19-9-12-21(24)13-10-19/h8-13H,4-7,14-17H2,1-3H3/b18-8+,20-11+. The van der Waals surface area contributed by atoms with Crippen LogP contribution in [0.1, 0.15) is 63.2 Å². The minimum Gasteiger partial charge on any atom is -0.303 e. The minimum atomic E-state index is -0.311. The molecule has 144 valence electrons. The van der Waals surface area contributed by atoms with Gasteiger partial charge < -0.3 is 4.90 Å². The molecule has 0 N–H and O–H groups in total. The third-order valence-corrected chi connectivity index (χ3v) is 4.69. The first-order valence-corrected chi connectivity index (χ1v) is 9.87. The normalized spacial score (nSPS) is 12.7. The van der Waals surface area contributed by atoms with Crippen molar-refractivity contribution in [2.75, 3.05) is 19.6 Å². The number of nitrogens with zero attached hydrogens (tertiary/aromatic N) is 1. The fourth-order valence-corrected chi connectivity index (χ4v) is 2.73. The van der Waals surface area contributed by atoms with Crippen LogP contribution in [-0.4, -0.2) is 30.3 Å². The highest BCUT2D eigenvalue weighted by molar-refractivity contribution is 6.29. The fraction of sp³-hybridized carbons (Fsp3) is 0.500. The third kappa shape index (κ3) is 9.30. The van der Waals surface area contributed by atoms with Crippen LogP contribution in [0.2, 0.25) is 0 Å². The topological polar surface area (TPSA) is 20.3 Å². The number of benzene rings is 1. The van der Waals surface area contributed by atoms with Gasteiger partial charge in [-0.25, -0.2) is 4.39 Å². The van der Waals surface area contributed by atoms with E-state index in [2.05, 4.69) is 24.8 Å². The summed E-state index contributed by atoms with van der Waals surface area (Å²) in [5, 5.41) is 0.870. The lowest BCUT2D eigenvalue weighted by Gasteiger charge is -2.21. The van der Waals surface area contributed by atoms with Gasteiger partial charge in [-0.05, 0) is 76.0 Å². The summed E-state index contributed by atoms with van der Waals surface area (Å²) in [7, 11) is 0. The molecule has 0 aliphatic rings. The number of allylic oxidation sites excluding steroid dienone is 3. The van der Waals surface area contributed by atoms with Crippen LogP contribution in [0.4, 0.5) is 4.39 Å². The monoisotopic (exact) mass is 379 g/mol. The second kappa shape index (κ2) is 12.8. The average molecular weight is 380 g/mol. The molecule has 0 saturated carbocycles. The van der Waals surface area contributed by atoms with Gasteiger partial charge in [-0.2, -0.15) is 0 Å². The molecule has 0 saturated heterocycles. The van der Waals surface area contributed by atoms with Crippen LogP contribution in [-0.2, 0) is 0 Å². The molecule has 0 heterocycles. The van der Waals surface area contributed by atoms with Crippen LogP contribution in [0.15, 0.2) is 47.0 Å². The number of ketones is 1. The smallest absolute Gasteiger partial charge is 0.162 e. The predicted molar refractivity (Wildman–Crippen MR) is 109 cm³/mol. The Hall–Kier alpha value is -1.45. The van der Waals surface area contributed by atoms with Crippen LogP contribution >= 0.6 is 11.6 Å². The lowest BCUT2D eigenvalue weighted by atomic mass is 10.1. The summed E-state index contributed by atoms with van der Waals surface area (Å²) < 4.78 is 12.9. The van der Waals surface area contributed by atoms with Gasteiger partial charge in [0.2, 0.25) is 0 Å². The molecule has 1 aromatic rings. The molecule has 2 nitrogen and oxygen atoms in total. The van der Waals surface area contributed by atoms with E-state index in [1.807, 2.05) is 13.0 Å². The number of hydrogen-bond acceptors (Lipinski definition) is 2. The van der Waals surface area contributed by atoms with E-state index >= 15 is 0 Å². The quantitative estimate of drug-likeness (QED) is 0.310. The van der Waals surface area contributed by atoms with Crippen molar-refractivity contribution >= 4 is 17.4 Å². The minimum absolute atomic E-state index is 0.0804.